The predicted octanol–water partition coefficient (Wildman–Crippen LogP) is 2.68. The molecule has 90 valence electrons. The topological polar surface area (TPSA) is 74.2 Å². The van der Waals surface area contributed by atoms with Crippen LogP contribution >= 0.6 is 11.6 Å². The Labute approximate surface area is 104 Å². The summed E-state index contributed by atoms with van der Waals surface area (Å²) in [4.78, 5) is 0. The number of halogens is 1. The van der Waals surface area contributed by atoms with Crippen molar-refractivity contribution in [3.05, 3.63) is 22.7 Å². The number of aromatic nitrogens is 2. The summed E-state index contributed by atoms with van der Waals surface area (Å²) in [6.07, 6.45) is 0. The van der Waals surface area contributed by atoms with Crippen LogP contribution in [-0.4, -0.2) is 16.8 Å². The third kappa shape index (κ3) is 2.34. The van der Waals surface area contributed by atoms with E-state index in [1.165, 1.54) is 0 Å². The molecule has 1 heterocycles. The molecule has 2 rings (SSSR count). The van der Waals surface area contributed by atoms with Gasteiger partial charge in [-0.1, -0.05) is 16.7 Å². The Bertz CT molecular complexity index is 540. The molecular weight excluding hydrogens is 242 g/mol. The Hall–Kier alpha value is -1.75. The van der Waals surface area contributed by atoms with E-state index in [1.54, 1.807) is 6.07 Å². The van der Waals surface area contributed by atoms with Crippen LogP contribution in [0.25, 0.3) is 11.5 Å². The smallest absolute Gasteiger partial charge is 0.313 e. The molecular formula is C11H12ClN3O2. The van der Waals surface area contributed by atoms with E-state index in [0.717, 1.165) is 11.1 Å². The molecule has 6 heteroatoms. The minimum atomic E-state index is 0.0319. The number of anilines is 1. The van der Waals surface area contributed by atoms with Gasteiger partial charge in [0.2, 0.25) is 5.89 Å². The van der Waals surface area contributed by atoms with E-state index >= 15 is 0 Å². The fourth-order valence-corrected chi connectivity index (χ4v) is 1.71. The molecule has 0 amide bonds. The van der Waals surface area contributed by atoms with Gasteiger partial charge in [0.05, 0.1) is 11.6 Å². The first-order valence-electron chi connectivity index (χ1n) is 5.14. The lowest BCUT2D eigenvalue weighted by atomic mass is 10.1. The lowest BCUT2D eigenvalue weighted by Crippen LogP contribution is -1.94. The molecule has 0 saturated carbocycles. The summed E-state index contributed by atoms with van der Waals surface area (Å²) in [5.41, 5.74) is 7.07. The molecule has 1 aromatic heterocycles. The van der Waals surface area contributed by atoms with Crippen molar-refractivity contribution >= 4 is 17.6 Å². The minimum Gasteiger partial charge on any atom is -0.492 e. The summed E-state index contributed by atoms with van der Waals surface area (Å²) in [5.74, 6) is 0.993. The van der Waals surface area contributed by atoms with Crippen molar-refractivity contribution in [1.82, 2.24) is 10.2 Å². The number of nitrogens with zero attached hydrogens (tertiary/aromatic N) is 2. The van der Waals surface area contributed by atoms with Gasteiger partial charge in [-0.15, -0.1) is 5.10 Å². The van der Waals surface area contributed by atoms with E-state index < -0.39 is 0 Å². The van der Waals surface area contributed by atoms with Crippen molar-refractivity contribution in [1.29, 1.82) is 0 Å². The molecule has 17 heavy (non-hydrogen) atoms. The largest absolute Gasteiger partial charge is 0.492 e. The molecule has 0 aliphatic heterocycles. The normalized spacial score (nSPS) is 10.5. The molecule has 5 nitrogen and oxygen atoms in total. The fourth-order valence-electron chi connectivity index (χ4n) is 1.49. The Balaban J connectivity index is 2.46. The molecule has 1 aromatic carbocycles. The highest BCUT2D eigenvalue weighted by atomic mass is 35.5. The third-order valence-electron chi connectivity index (χ3n) is 2.25. The van der Waals surface area contributed by atoms with Gasteiger partial charge >= 0.3 is 6.01 Å². The van der Waals surface area contributed by atoms with Gasteiger partial charge in [-0.25, -0.2) is 0 Å². The molecule has 0 fully saturated rings. The Kier molecular flexibility index (Phi) is 3.19. The number of hydrogen-bond acceptors (Lipinski definition) is 5. The van der Waals surface area contributed by atoms with Crippen LogP contribution in [0.2, 0.25) is 5.02 Å². The van der Waals surface area contributed by atoms with Gasteiger partial charge in [0.15, 0.2) is 0 Å². The molecule has 2 aromatic rings. The molecule has 0 aliphatic carbocycles. The second-order valence-electron chi connectivity index (χ2n) is 3.48. The van der Waals surface area contributed by atoms with Gasteiger partial charge in [-0.3, -0.25) is 0 Å². The number of aryl methyl sites for hydroxylation is 1. The molecule has 0 spiro atoms. The van der Waals surface area contributed by atoms with Gasteiger partial charge in [-0.2, -0.15) is 0 Å². The lowest BCUT2D eigenvalue weighted by molar-refractivity contribution is 0.340. The minimum absolute atomic E-state index is 0.0319. The van der Waals surface area contributed by atoms with Crippen LogP contribution in [0, 0.1) is 6.92 Å². The maximum absolute atomic E-state index is 6.09. The molecule has 0 bridgehead atoms. The third-order valence-corrected chi connectivity index (χ3v) is 2.55. The zero-order chi connectivity index (χ0) is 12.4. The Morgan fingerprint density at radius 2 is 2.18 bits per heavy atom. The molecule has 0 saturated heterocycles. The van der Waals surface area contributed by atoms with E-state index in [2.05, 4.69) is 10.2 Å². The summed E-state index contributed by atoms with van der Waals surface area (Å²) in [6, 6.07) is 3.60. The van der Waals surface area contributed by atoms with Crippen LogP contribution in [0.4, 0.5) is 6.01 Å². The molecule has 0 aliphatic rings. The van der Waals surface area contributed by atoms with E-state index in [-0.39, 0.29) is 6.01 Å². The summed E-state index contributed by atoms with van der Waals surface area (Å²) in [7, 11) is 0. The number of nitrogen functional groups attached to an aromatic ring is 1. The molecule has 0 atom stereocenters. The van der Waals surface area contributed by atoms with Crippen molar-refractivity contribution in [2.24, 2.45) is 0 Å². The maximum Gasteiger partial charge on any atom is 0.313 e. The molecule has 0 radical (unpaired) electrons. The molecule has 2 N–H and O–H groups in total. The van der Waals surface area contributed by atoms with Crippen LogP contribution in [0.1, 0.15) is 12.5 Å². The van der Waals surface area contributed by atoms with Gasteiger partial charge < -0.3 is 14.9 Å². The summed E-state index contributed by atoms with van der Waals surface area (Å²) < 4.78 is 10.6. The Morgan fingerprint density at radius 3 is 2.76 bits per heavy atom. The van der Waals surface area contributed by atoms with Crippen molar-refractivity contribution < 1.29 is 9.15 Å². The van der Waals surface area contributed by atoms with Crippen LogP contribution in [0.15, 0.2) is 16.5 Å². The number of nitrogens with two attached hydrogens (primary N) is 1. The van der Waals surface area contributed by atoms with E-state index in [1.807, 2.05) is 19.9 Å². The lowest BCUT2D eigenvalue weighted by Gasteiger charge is -2.08. The van der Waals surface area contributed by atoms with E-state index in [9.17, 15) is 0 Å². The summed E-state index contributed by atoms with van der Waals surface area (Å²) in [6.45, 7) is 4.37. The second-order valence-corrected chi connectivity index (χ2v) is 3.88. The van der Waals surface area contributed by atoms with Crippen molar-refractivity contribution in [3.63, 3.8) is 0 Å². The van der Waals surface area contributed by atoms with Crippen LogP contribution in [0.5, 0.6) is 5.75 Å². The zero-order valence-corrected chi connectivity index (χ0v) is 10.3. The van der Waals surface area contributed by atoms with Gasteiger partial charge in [-0.05, 0) is 31.5 Å². The van der Waals surface area contributed by atoms with Crippen LogP contribution in [-0.2, 0) is 0 Å². The highest BCUT2D eigenvalue weighted by Gasteiger charge is 2.13. The van der Waals surface area contributed by atoms with E-state index in [4.69, 9.17) is 26.5 Å². The maximum atomic E-state index is 6.09. The first-order chi connectivity index (χ1) is 8.11. The summed E-state index contributed by atoms with van der Waals surface area (Å²) >= 11 is 6.09. The zero-order valence-electron chi connectivity index (χ0n) is 9.53. The monoisotopic (exact) mass is 253 g/mol. The second kappa shape index (κ2) is 4.63. The Morgan fingerprint density at radius 1 is 1.41 bits per heavy atom. The highest BCUT2D eigenvalue weighted by molar-refractivity contribution is 6.32. The standard InChI is InChI=1S/C11H12ClN3O2/c1-3-16-9-4-6(2)7(5-8(9)12)10-14-15-11(13)17-10/h4-5H,3H2,1-2H3,(H2,13,15). The van der Waals surface area contributed by atoms with Gasteiger partial charge in [0.1, 0.15) is 5.75 Å². The van der Waals surface area contributed by atoms with Crippen LogP contribution in [0.3, 0.4) is 0 Å². The number of rotatable bonds is 3. The number of ether oxygens (including phenoxy) is 1. The number of hydrogen-bond donors (Lipinski definition) is 1. The average Bonchev–Trinajstić information content (AvgIpc) is 2.70. The first-order valence-corrected chi connectivity index (χ1v) is 5.52. The predicted molar refractivity (Wildman–Crippen MR) is 65.1 cm³/mol. The van der Waals surface area contributed by atoms with Gasteiger partial charge in [0.25, 0.3) is 0 Å². The first kappa shape index (κ1) is 11.7. The van der Waals surface area contributed by atoms with E-state index in [0.29, 0.717) is 23.3 Å². The van der Waals surface area contributed by atoms with Crippen molar-refractivity contribution in [2.45, 2.75) is 13.8 Å². The van der Waals surface area contributed by atoms with Crippen molar-refractivity contribution in [3.8, 4) is 17.2 Å². The molecule has 0 unspecified atom stereocenters. The fraction of sp³-hybridized carbons (Fsp3) is 0.273. The van der Waals surface area contributed by atoms with Gasteiger partial charge in [0, 0.05) is 5.56 Å². The summed E-state index contributed by atoms with van der Waals surface area (Å²) in [5, 5.41) is 7.94. The SMILES string of the molecule is CCOc1cc(C)c(-c2nnc(N)o2)cc1Cl. The average molecular weight is 254 g/mol. The quantitative estimate of drug-likeness (QED) is 0.910. The highest BCUT2D eigenvalue weighted by Crippen LogP contribution is 2.33. The van der Waals surface area contributed by atoms with Crippen molar-refractivity contribution in [2.75, 3.05) is 12.3 Å². The van der Waals surface area contributed by atoms with Crippen LogP contribution < -0.4 is 10.5 Å². The number of benzene rings is 1.